The number of nitrogens with one attached hydrogen (secondary N) is 2. The van der Waals surface area contributed by atoms with E-state index in [0.29, 0.717) is 17.7 Å². The van der Waals surface area contributed by atoms with Gasteiger partial charge in [0, 0.05) is 11.3 Å². The van der Waals surface area contributed by atoms with Gasteiger partial charge in [0.2, 0.25) is 5.91 Å². The molecule has 1 fully saturated rings. The van der Waals surface area contributed by atoms with Crippen LogP contribution in [0.25, 0.3) is 0 Å². The van der Waals surface area contributed by atoms with Crippen molar-refractivity contribution < 1.29 is 19.2 Å². The SMILES string of the molecule is CCCC1NC(=O)N(CC(=O)Nc2ccc(C(C)=O)cc2)C1=O. The molecule has 0 aromatic heterocycles. The van der Waals surface area contributed by atoms with E-state index >= 15 is 0 Å². The Kier molecular flexibility index (Phi) is 5.10. The molecule has 0 aliphatic carbocycles. The minimum Gasteiger partial charge on any atom is -0.326 e. The summed E-state index contributed by atoms with van der Waals surface area (Å²) in [6.45, 7) is 3.04. The van der Waals surface area contributed by atoms with Gasteiger partial charge in [-0.15, -0.1) is 0 Å². The number of hydrogen-bond acceptors (Lipinski definition) is 4. The first kappa shape index (κ1) is 16.7. The average Bonchev–Trinajstić information content (AvgIpc) is 2.76. The molecule has 0 bridgehead atoms. The molecule has 1 aliphatic heterocycles. The van der Waals surface area contributed by atoms with Crippen molar-refractivity contribution in [3.8, 4) is 0 Å². The Bertz CT molecular complexity index is 639. The summed E-state index contributed by atoms with van der Waals surface area (Å²) in [5.74, 6) is -0.913. The van der Waals surface area contributed by atoms with Gasteiger partial charge in [0.25, 0.3) is 5.91 Å². The van der Waals surface area contributed by atoms with Crippen LogP contribution in [0.2, 0.25) is 0 Å². The molecule has 1 aromatic rings. The molecule has 4 amide bonds. The summed E-state index contributed by atoms with van der Waals surface area (Å²) in [5.41, 5.74) is 1.04. The molecule has 2 rings (SSSR count). The average molecular weight is 317 g/mol. The van der Waals surface area contributed by atoms with Gasteiger partial charge < -0.3 is 10.6 Å². The summed E-state index contributed by atoms with van der Waals surface area (Å²) in [6.07, 6.45) is 1.31. The van der Waals surface area contributed by atoms with Crippen molar-refractivity contribution in [2.45, 2.75) is 32.7 Å². The third-order valence-electron chi connectivity index (χ3n) is 3.56. The van der Waals surface area contributed by atoms with Crippen LogP contribution in [0.4, 0.5) is 10.5 Å². The van der Waals surface area contributed by atoms with E-state index in [1.165, 1.54) is 6.92 Å². The Morgan fingerprint density at radius 1 is 1.22 bits per heavy atom. The van der Waals surface area contributed by atoms with Crippen LogP contribution in [0.3, 0.4) is 0 Å². The number of carbonyl (C=O) groups is 4. The fourth-order valence-corrected chi connectivity index (χ4v) is 2.34. The number of Topliss-reactive ketones (excluding diaryl/α,β-unsaturated/α-hetero) is 1. The van der Waals surface area contributed by atoms with Crippen LogP contribution >= 0.6 is 0 Å². The zero-order valence-electron chi connectivity index (χ0n) is 13.1. The quantitative estimate of drug-likeness (QED) is 0.614. The van der Waals surface area contributed by atoms with Crippen molar-refractivity contribution >= 4 is 29.3 Å². The van der Waals surface area contributed by atoms with Gasteiger partial charge in [-0.25, -0.2) is 4.79 Å². The Balaban J connectivity index is 1.95. The van der Waals surface area contributed by atoms with Crippen LogP contribution in [0.5, 0.6) is 0 Å². The van der Waals surface area contributed by atoms with E-state index < -0.39 is 18.0 Å². The van der Waals surface area contributed by atoms with Crippen molar-refractivity contribution in [1.82, 2.24) is 10.2 Å². The van der Waals surface area contributed by atoms with Gasteiger partial charge in [-0.05, 0) is 37.6 Å². The van der Waals surface area contributed by atoms with Gasteiger partial charge in [-0.2, -0.15) is 0 Å². The van der Waals surface area contributed by atoms with Crippen molar-refractivity contribution in [3.63, 3.8) is 0 Å². The first-order valence-electron chi connectivity index (χ1n) is 7.45. The van der Waals surface area contributed by atoms with E-state index in [1.54, 1.807) is 24.3 Å². The van der Waals surface area contributed by atoms with Gasteiger partial charge in [0.05, 0.1) is 0 Å². The van der Waals surface area contributed by atoms with Crippen LogP contribution in [0.1, 0.15) is 37.0 Å². The van der Waals surface area contributed by atoms with E-state index in [9.17, 15) is 19.2 Å². The van der Waals surface area contributed by atoms with E-state index in [-0.39, 0.29) is 18.2 Å². The highest BCUT2D eigenvalue weighted by Gasteiger charge is 2.38. The number of benzene rings is 1. The third-order valence-corrected chi connectivity index (χ3v) is 3.56. The van der Waals surface area contributed by atoms with Crippen molar-refractivity contribution in [1.29, 1.82) is 0 Å². The predicted molar refractivity (Wildman–Crippen MR) is 84.0 cm³/mol. The lowest BCUT2D eigenvalue weighted by molar-refractivity contribution is -0.130. The molecular formula is C16H19N3O4. The summed E-state index contributed by atoms with van der Waals surface area (Å²) in [7, 11) is 0. The largest absolute Gasteiger partial charge is 0.326 e. The maximum Gasteiger partial charge on any atom is 0.325 e. The number of urea groups is 1. The molecule has 1 aliphatic rings. The third kappa shape index (κ3) is 3.94. The molecular weight excluding hydrogens is 298 g/mol. The van der Waals surface area contributed by atoms with E-state index in [1.807, 2.05) is 6.92 Å². The van der Waals surface area contributed by atoms with E-state index in [2.05, 4.69) is 10.6 Å². The van der Waals surface area contributed by atoms with Crippen LogP contribution in [-0.4, -0.2) is 41.1 Å². The topological polar surface area (TPSA) is 95.6 Å². The minimum absolute atomic E-state index is 0.0656. The molecule has 1 saturated heterocycles. The van der Waals surface area contributed by atoms with E-state index in [4.69, 9.17) is 0 Å². The molecule has 7 nitrogen and oxygen atoms in total. The number of ketones is 1. The van der Waals surface area contributed by atoms with Gasteiger partial charge in [0.1, 0.15) is 12.6 Å². The molecule has 122 valence electrons. The number of hydrogen-bond donors (Lipinski definition) is 2. The maximum atomic E-state index is 12.0. The molecule has 0 saturated carbocycles. The number of anilines is 1. The smallest absolute Gasteiger partial charge is 0.325 e. The van der Waals surface area contributed by atoms with Crippen molar-refractivity contribution in [2.75, 3.05) is 11.9 Å². The molecule has 1 heterocycles. The van der Waals surface area contributed by atoms with Crippen LogP contribution < -0.4 is 10.6 Å². The second kappa shape index (κ2) is 7.04. The zero-order valence-corrected chi connectivity index (χ0v) is 13.1. The van der Waals surface area contributed by atoms with E-state index in [0.717, 1.165) is 11.3 Å². The maximum absolute atomic E-state index is 12.0. The monoisotopic (exact) mass is 317 g/mol. The van der Waals surface area contributed by atoms with Crippen molar-refractivity contribution in [3.05, 3.63) is 29.8 Å². The Morgan fingerprint density at radius 2 is 1.87 bits per heavy atom. The second-order valence-electron chi connectivity index (χ2n) is 5.40. The number of amides is 4. The molecule has 2 N–H and O–H groups in total. The van der Waals surface area contributed by atoms with Crippen molar-refractivity contribution in [2.24, 2.45) is 0 Å². The fourth-order valence-electron chi connectivity index (χ4n) is 2.34. The number of imide groups is 1. The number of nitrogens with zero attached hydrogens (tertiary/aromatic N) is 1. The highest BCUT2D eigenvalue weighted by atomic mass is 16.2. The van der Waals surface area contributed by atoms with Gasteiger partial charge in [-0.1, -0.05) is 13.3 Å². The Hall–Kier alpha value is -2.70. The number of rotatable bonds is 6. The van der Waals surface area contributed by atoms with Crippen LogP contribution in [-0.2, 0) is 9.59 Å². The first-order chi connectivity index (χ1) is 10.9. The predicted octanol–water partition coefficient (Wildman–Crippen LogP) is 1.55. The lowest BCUT2D eigenvalue weighted by atomic mass is 10.1. The summed E-state index contributed by atoms with van der Waals surface area (Å²) in [4.78, 5) is 47.9. The normalized spacial score (nSPS) is 17.1. The lowest BCUT2D eigenvalue weighted by Gasteiger charge is -2.13. The summed E-state index contributed by atoms with van der Waals surface area (Å²) in [5, 5.41) is 5.16. The highest BCUT2D eigenvalue weighted by molar-refractivity contribution is 6.08. The zero-order chi connectivity index (χ0) is 17.0. The van der Waals surface area contributed by atoms with Crippen LogP contribution in [0, 0.1) is 0 Å². The Morgan fingerprint density at radius 3 is 2.43 bits per heavy atom. The fraction of sp³-hybridized carbons (Fsp3) is 0.375. The summed E-state index contributed by atoms with van der Waals surface area (Å²) >= 11 is 0. The first-order valence-corrected chi connectivity index (χ1v) is 7.45. The minimum atomic E-state index is -0.546. The second-order valence-corrected chi connectivity index (χ2v) is 5.40. The Labute approximate surface area is 134 Å². The molecule has 23 heavy (non-hydrogen) atoms. The van der Waals surface area contributed by atoms with Gasteiger partial charge in [-0.3, -0.25) is 19.3 Å². The highest BCUT2D eigenvalue weighted by Crippen LogP contribution is 2.13. The molecule has 0 radical (unpaired) electrons. The summed E-state index contributed by atoms with van der Waals surface area (Å²) in [6, 6.07) is 5.30. The molecule has 7 heteroatoms. The molecule has 1 atom stereocenters. The standard InChI is InChI=1S/C16H19N3O4/c1-3-4-13-15(22)19(16(23)18-13)9-14(21)17-12-7-5-11(6-8-12)10(2)20/h5-8,13H,3-4,9H2,1-2H3,(H,17,21)(H,18,23). The van der Waals surface area contributed by atoms with Crippen LogP contribution in [0.15, 0.2) is 24.3 Å². The molecule has 0 spiro atoms. The molecule has 1 unspecified atom stereocenters. The van der Waals surface area contributed by atoms with Gasteiger partial charge >= 0.3 is 6.03 Å². The summed E-state index contributed by atoms with van der Waals surface area (Å²) < 4.78 is 0. The molecule has 1 aromatic carbocycles. The number of carbonyl (C=O) groups excluding carboxylic acids is 4. The lowest BCUT2D eigenvalue weighted by Crippen LogP contribution is -2.38. The van der Waals surface area contributed by atoms with Gasteiger partial charge in [0.15, 0.2) is 5.78 Å².